The Balaban J connectivity index is 1.42. The summed E-state index contributed by atoms with van der Waals surface area (Å²) in [4.78, 5) is 2.26. The van der Waals surface area contributed by atoms with Gasteiger partial charge in [-0.3, -0.25) is 0 Å². The van der Waals surface area contributed by atoms with Gasteiger partial charge in [0.1, 0.15) is 18.1 Å². The topological polar surface area (TPSA) is 39.6 Å². The molecule has 1 fully saturated rings. The fraction of sp³-hybridized carbons (Fsp3) is 0.410. The highest BCUT2D eigenvalue weighted by molar-refractivity contribution is 6.09. The Bertz CT molecular complexity index is 1610. The number of phenolic OH excluding ortho intramolecular Hbond substituents is 1. The van der Waals surface area contributed by atoms with Gasteiger partial charge in [-0.05, 0) is 80.3 Å². The van der Waals surface area contributed by atoms with E-state index in [0.29, 0.717) is 5.75 Å². The van der Waals surface area contributed by atoms with Crippen LogP contribution in [0.5, 0.6) is 5.75 Å². The predicted octanol–water partition coefficient (Wildman–Crippen LogP) is 9.66. The number of allylic oxidation sites excluding steroid dienone is 1. The van der Waals surface area contributed by atoms with Gasteiger partial charge in [0.2, 0.25) is 5.69 Å². The molecule has 1 N–H and O–H groups in total. The van der Waals surface area contributed by atoms with Crippen molar-refractivity contribution in [3.63, 3.8) is 0 Å². The molecule has 1 unspecified atom stereocenters. The summed E-state index contributed by atoms with van der Waals surface area (Å²) in [6.45, 7) is 9.48. The van der Waals surface area contributed by atoms with E-state index >= 15 is 0 Å². The lowest BCUT2D eigenvalue weighted by Crippen LogP contribution is -2.34. The molecule has 0 radical (unpaired) electrons. The second kappa shape index (κ2) is 12.8. The van der Waals surface area contributed by atoms with Crippen molar-refractivity contribution in [3.05, 3.63) is 96.0 Å². The number of unbranched alkanes of at least 4 members (excludes halogenated alkanes) is 1. The average Bonchev–Trinajstić information content (AvgIpc) is 3.77. The van der Waals surface area contributed by atoms with E-state index in [1.165, 1.54) is 72.7 Å². The molecule has 1 atom stereocenters. The van der Waals surface area contributed by atoms with E-state index in [1.54, 1.807) is 6.26 Å². The molecule has 4 heteroatoms. The minimum atomic E-state index is -0.299. The van der Waals surface area contributed by atoms with E-state index in [0.717, 1.165) is 49.0 Å². The highest BCUT2D eigenvalue weighted by Gasteiger charge is 2.49. The van der Waals surface area contributed by atoms with Crippen molar-refractivity contribution in [1.82, 2.24) is 0 Å². The third-order valence-electron chi connectivity index (χ3n) is 10.00. The summed E-state index contributed by atoms with van der Waals surface area (Å²) >= 11 is 0. The van der Waals surface area contributed by atoms with Gasteiger partial charge in [0.25, 0.3) is 0 Å². The van der Waals surface area contributed by atoms with Gasteiger partial charge in [0.05, 0.1) is 11.7 Å². The molecule has 4 nitrogen and oxygen atoms in total. The van der Waals surface area contributed by atoms with Gasteiger partial charge in [-0.1, -0.05) is 56.4 Å². The maximum Gasteiger partial charge on any atom is 0.210 e. The summed E-state index contributed by atoms with van der Waals surface area (Å²) in [5.41, 5.74) is 5.54. The maximum atomic E-state index is 11.1. The molecule has 6 rings (SSSR count). The lowest BCUT2D eigenvalue weighted by atomic mass is 9.74. The minimum absolute atomic E-state index is 0.299. The van der Waals surface area contributed by atoms with Crippen LogP contribution in [0.15, 0.2) is 83.5 Å². The summed E-state index contributed by atoms with van der Waals surface area (Å²) in [5, 5.41) is 13.7. The third-order valence-corrected chi connectivity index (χ3v) is 10.00. The van der Waals surface area contributed by atoms with Crippen molar-refractivity contribution in [2.45, 2.75) is 77.6 Å². The molecule has 1 aromatic heterocycles. The number of phenols is 1. The zero-order chi connectivity index (χ0) is 29.8. The molecule has 43 heavy (non-hydrogen) atoms. The summed E-state index contributed by atoms with van der Waals surface area (Å²) in [5.74, 6) is 2.23. The first-order chi connectivity index (χ1) is 21.0. The van der Waals surface area contributed by atoms with Crippen LogP contribution in [-0.4, -0.2) is 35.0 Å². The van der Waals surface area contributed by atoms with Gasteiger partial charge in [-0.2, -0.15) is 4.58 Å². The minimum Gasteiger partial charge on any atom is -0.507 e. The average molecular weight is 576 g/mol. The molecular formula is C39H47N2O2+. The normalized spacial score (nSPS) is 18.8. The van der Waals surface area contributed by atoms with Gasteiger partial charge in [0, 0.05) is 61.0 Å². The van der Waals surface area contributed by atoms with Crippen LogP contribution in [0.3, 0.4) is 0 Å². The lowest BCUT2D eigenvalue weighted by molar-refractivity contribution is -0.438. The van der Waals surface area contributed by atoms with Crippen molar-refractivity contribution in [3.8, 4) is 5.75 Å². The summed E-state index contributed by atoms with van der Waals surface area (Å²) in [6.07, 6.45) is 16.4. The quantitative estimate of drug-likeness (QED) is 0.135. The van der Waals surface area contributed by atoms with Crippen LogP contribution < -0.4 is 4.90 Å². The number of anilines is 1. The lowest BCUT2D eigenvalue weighted by Gasteiger charge is -2.23. The Morgan fingerprint density at radius 3 is 2.51 bits per heavy atom. The standard InChI is InChI=1S/C39H46N2O2/c1-4-40(5-2)32-22-19-31(36(42)27-32)21-24-37-39(3,28-33-17-12-26-43-33)38-34-18-9-8-16-30(34)20-23-35(38)41(37)25-11-10-15-29-13-6-7-14-29/h8-9,12,16-24,26-27,29H,4-7,10-11,13-15,25,28H2,1-3H3/p+1. The number of hydrogen-bond acceptors (Lipinski definition) is 3. The Kier molecular flexibility index (Phi) is 8.74. The van der Waals surface area contributed by atoms with Crippen LogP contribution in [0.4, 0.5) is 11.4 Å². The highest BCUT2D eigenvalue weighted by atomic mass is 16.3. The predicted molar refractivity (Wildman–Crippen MR) is 180 cm³/mol. The fourth-order valence-corrected chi connectivity index (χ4v) is 7.71. The van der Waals surface area contributed by atoms with Crippen LogP contribution in [0.1, 0.15) is 82.6 Å². The van der Waals surface area contributed by atoms with Gasteiger partial charge >= 0.3 is 0 Å². The fourth-order valence-electron chi connectivity index (χ4n) is 7.71. The SMILES string of the molecule is CCN(CC)c1ccc(C=CC2=[N+](CCCCC3CCCC3)c3ccc4ccccc4c3C2(C)Cc2ccco2)c(O)c1. The molecule has 4 aromatic rings. The van der Waals surface area contributed by atoms with Crippen molar-refractivity contribution in [2.75, 3.05) is 24.5 Å². The Morgan fingerprint density at radius 1 is 0.953 bits per heavy atom. The van der Waals surface area contributed by atoms with Crippen LogP contribution in [0, 0.1) is 5.92 Å². The molecule has 2 aliphatic rings. The first-order valence-electron chi connectivity index (χ1n) is 16.5. The first kappa shape index (κ1) is 29.3. The van der Waals surface area contributed by atoms with Crippen molar-refractivity contribution in [1.29, 1.82) is 0 Å². The molecule has 1 aliphatic heterocycles. The molecule has 3 aromatic carbocycles. The van der Waals surface area contributed by atoms with Gasteiger partial charge in [-0.15, -0.1) is 0 Å². The Labute approximate surface area is 257 Å². The Morgan fingerprint density at radius 2 is 1.77 bits per heavy atom. The Hall–Kier alpha value is -3.79. The zero-order valence-electron chi connectivity index (χ0n) is 26.2. The summed E-state index contributed by atoms with van der Waals surface area (Å²) in [7, 11) is 0. The number of furan rings is 1. The van der Waals surface area contributed by atoms with Gasteiger partial charge in [0.15, 0.2) is 5.71 Å². The number of nitrogens with zero attached hydrogens (tertiary/aromatic N) is 2. The second-order valence-corrected chi connectivity index (χ2v) is 12.7. The number of fused-ring (bicyclic) bond motifs is 3. The van der Waals surface area contributed by atoms with E-state index < -0.39 is 0 Å². The van der Waals surface area contributed by atoms with Crippen molar-refractivity contribution < 1.29 is 14.1 Å². The molecule has 0 amide bonds. The molecule has 0 saturated heterocycles. The number of rotatable bonds is 12. The zero-order valence-corrected chi connectivity index (χ0v) is 26.2. The van der Waals surface area contributed by atoms with Crippen LogP contribution in [0.25, 0.3) is 16.8 Å². The third kappa shape index (κ3) is 5.89. The van der Waals surface area contributed by atoms with E-state index in [1.807, 2.05) is 18.2 Å². The number of hydrogen-bond donors (Lipinski definition) is 1. The highest BCUT2D eigenvalue weighted by Crippen LogP contribution is 2.47. The second-order valence-electron chi connectivity index (χ2n) is 12.7. The summed E-state index contributed by atoms with van der Waals surface area (Å²) in [6, 6.07) is 23.5. The van der Waals surface area contributed by atoms with Gasteiger partial charge in [-0.25, -0.2) is 0 Å². The molecular weight excluding hydrogens is 528 g/mol. The molecule has 0 bridgehead atoms. The van der Waals surface area contributed by atoms with E-state index in [4.69, 9.17) is 4.42 Å². The number of aromatic hydroxyl groups is 1. The first-order valence-corrected chi connectivity index (χ1v) is 16.5. The van der Waals surface area contributed by atoms with Crippen LogP contribution in [-0.2, 0) is 11.8 Å². The molecule has 1 saturated carbocycles. The largest absolute Gasteiger partial charge is 0.507 e. The molecule has 0 spiro atoms. The van der Waals surface area contributed by atoms with Crippen LogP contribution >= 0.6 is 0 Å². The maximum absolute atomic E-state index is 11.1. The van der Waals surface area contributed by atoms with Crippen LogP contribution in [0.2, 0.25) is 0 Å². The van der Waals surface area contributed by atoms with Gasteiger partial charge < -0.3 is 14.4 Å². The molecule has 2 heterocycles. The molecule has 224 valence electrons. The van der Waals surface area contributed by atoms with E-state index in [9.17, 15) is 5.11 Å². The van der Waals surface area contributed by atoms with Crippen molar-refractivity contribution >= 4 is 33.9 Å². The van der Waals surface area contributed by atoms with E-state index in [-0.39, 0.29) is 5.41 Å². The summed E-state index contributed by atoms with van der Waals surface area (Å²) < 4.78 is 8.53. The van der Waals surface area contributed by atoms with Crippen molar-refractivity contribution in [2.24, 2.45) is 5.92 Å². The molecule has 1 aliphatic carbocycles. The number of benzene rings is 3. The smallest absolute Gasteiger partial charge is 0.210 e. The van der Waals surface area contributed by atoms with E-state index in [2.05, 4.69) is 90.9 Å². The monoisotopic (exact) mass is 575 g/mol.